The first kappa shape index (κ1) is 13.7. The minimum Gasteiger partial charge on any atom is -0.336 e. The second-order valence-corrected chi connectivity index (χ2v) is 4.29. The van der Waals surface area contributed by atoms with E-state index in [1.165, 1.54) is 0 Å². The van der Waals surface area contributed by atoms with Gasteiger partial charge in [0.05, 0.1) is 11.6 Å². The zero-order chi connectivity index (χ0) is 14.4. The molecule has 1 heterocycles. The zero-order valence-corrected chi connectivity index (χ0v) is 10.8. The van der Waals surface area contributed by atoms with Gasteiger partial charge < -0.3 is 20.9 Å². The van der Waals surface area contributed by atoms with Gasteiger partial charge in [0, 0.05) is 31.9 Å². The van der Waals surface area contributed by atoms with Crippen molar-refractivity contribution >= 4 is 17.7 Å². The van der Waals surface area contributed by atoms with Crippen LogP contribution >= 0.6 is 0 Å². The Balaban J connectivity index is 1.75. The van der Waals surface area contributed by atoms with Crippen molar-refractivity contribution in [2.75, 3.05) is 31.5 Å². The van der Waals surface area contributed by atoms with Crippen LogP contribution in [0.4, 0.5) is 15.3 Å². The molecule has 0 aromatic heterocycles. The van der Waals surface area contributed by atoms with E-state index < -0.39 is 0 Å². The van der Waals surface area contributed by atoms with Gasteiger partial charge in [0.25, 0.3) is 0 Å². The Labute approximate surface area is 116 Å². The second-order valence-electron chi connectivity index (χ2n) is 4.29. The Hall–Kier alpha value is -2.75. The van der Waals surface area contributed by atoms with Gasteiger partial charge >= 0.3 is 12.1 Å². The summed E-state index contributed by atoms with van der Waals surface area (Å²) in [7, 11) is 0. The smallest absolute Gasteiger partial charge is 0.319 e. The van der Waals surface area contributed by atoms with Crippen LogP contribution in [0.2, 0.25) is 0 Å². The van der Waals surface area contributed by atoms with Crippen LogP contribution in [0.25, 0.3) is 0 Å². The first-order chi connectivity index (χ1) is 9.69. The lowest BCUT2D eigenvalue weighted by Gasteiger charge is -2.14. The summed E-state index contributed by atoms with van der Waals surface area (Å²) < 4.78 is 0. The normalized spacial score (nSPS) is 13.6. The number of nitrogens with zero attached hydrogens (tertiary/aromatic N) is 2. The minimum absolute atomic E-state index is 0.103. The molecule has 1 aromatic carbocycles. The molecule has 0 unspecified atom stereocenters. The van der Waals surface area contributed by atoms with Gasteiger partial charge in [0.1, 0.15) is 0 Å². The molecule has 1 aliphatic rings. The van der Waals surface area contributed by atoms with Crippen LogP contribution < -0.4 is 16.0 Å². The van der Waals surface area contributed by atoms with Crippen molar-refractivity contribution in [3.05, 3.63) is 29.8 Å². The average molecular weight is 273 g/mol. The van der Waals surface area contributed by atoms with Crippen molar-refractivity contribution in [3.8, 4) is 6.07 Å². The van der Waals surface area contributed by atoms with E-state index in [4.69, 9.17) is 5.26 Å². The van der Waals surface area contributed by atoms with Gasteiger partial charge in [0.2, 0.25) is 0 Å². The second kappa shape index (κ2) is 6.43. The number of amides is 4. The quantitative estimate of drug-likeness (QED) is 0.753. The number of hydrogen-bond acceptors (Lipinski definition) is 3. The van der Waals surface area contributed by atoms with E-state index in [2.05, 4.69) is 16.0 Å². The number of nitriles is 1. The van der Waals surface area contributed by atoms with Gasteiger partial charge in [-0.05, 0) is 18.2 Å². The summed E-state index contributed by atoms with van der Waals surface area (Å²) in [4.78, 5) is 24.5. The highest BCUT2D eigenvalue weighted by Crippen LogP contribution is 2.09. The van der Waals surface area contributed by atoms with Crippen molar-refractivity contribution in [1.82, 2.24) is 15.5 Å². The molecule has 0 spiro atoms. The fraction of sp³-hybridized carbons (Fsp3) is 0.308. The molecule has 4 amide bonds. The summed E-state index contributed by atoms with van der Waals surface area (Å²) in [6.45, 7) is 2.15. The molecule has 0 radical (unpaired) electrons. The highest BCUT2D eigenvalue weighted by molar-refractivity contribution is 5.89. The highest BCUT2D eigenvalue weighted by Gasteiger charge is 2.18. The molecule has 0 atom stereocenters. The maximum absolute atomic E-state index is 11.6. The molecule has 0 saturated carbocycles. The largest absolute Gasteiger partial charge is 0.336 e. The fourth-order valence-electron chi connectivity index (χ4n) is 1.87. The predicted molar refractivity (Wildman–Crippen MR) is 73.2 cm³/mol. The number of carbonyl (C=O) groups is 2. The average Bonchev–Trinajstić information content (AvgIpc) is 2.85. The molecule has 0 bridgehead atoms. The number of urea groups is 2. The third-order valence-electron chi connectivity index (χ3n) is 2.86. The van der Waals surface area contributed by atoms with Crippen LogP contribution in [0.3, 0.4) is 0 Å². The Morgan fingerprint density at radius 1 is 1.50 bits per heavy atom. The predicted octanol–water partition coefficient (Wildman–Crippen LogP) is 0.705. The number of carbonyl (C=O) groups excluding carboxylic acids is 2. The van der Waals surface area contributed by atoms with E-state index in [-0.39, 0.29) is 12.1 Å². The lowest BCUT2D eigenvalue weighted by Crippen LogP contribution is -2.38. The summed E-state index contributed by atoms with van der Waals surface area (Å²) in [5, 5.41) is 16.7. The topological polar surface area (TPSA) is 97.3 Å². The van der Waals surface area contributed by atoms with E-state index in [0.717, 1.165) is 0 Å². The van der Waals surface area contributed by atoms with Gasteiger partial charge in [-0.2, -0.15) is 5.26 Å². The number of anilines is 1. The van der Waals surface area contributed by atoms with E-state index >= 15 is 0 Å². The summed E-state index contributed by atoms with van der Waals surface area (Å²) in [6, 6.07) is 8.19. The summed E-state index contributed by atoms with van der Waals surface area (Å²) in [6.07, 6.45) is 0. The molecule has 1 aromatic rings. The van der Waals surface area contributed by atoms with E-state index in [1.54, 1.807) is 29.2 Å². The lowest BCUT2D eigenvalue weighted by atomic mass is 10.2. The van der Waals surface area contributed by atoms with Crippen LogP contribution in [-0.2, 0) is 0 Å². The van der Waals surface area contributed by atoms with Crippen molar-refractivity contribution in [2.45, 2.75) is 0 Å². The van der Waals surface area contributed by atoms with Crippen LogP contribution in [-0.4, -0.2) is 43.1 Å². The van der Waals surface area contributed by atoms with Gasteiger partial charge in [-0.1, -0.05) is 6.07 Å². The van der Waals surface area contributed by atoms with Crippen molar-refractivity contribution in [1.29, 1.82) is 5.26 Å². The molecule has 2 rings (SSSR count). The first-order valence-electron chi connectivity index (χ1n) is 6.27. The molecule has 20 heavy (non-hydrogen) atoms. The molecule has 1 aliphatic heterocycles. The molecule has 3 N–H and O–H groups in total. The molecule has 1 fully saturated rings. The van der Waals surface area contributed by atoms with Gasteiger partial charge in [-0.25, -0.2) is 9.59 Å². The maximum atomic E-state index is 11.6. The number of hydrogen-bond donors (Lipinski definition) is 3. The Bertz CT molecular complexity index is 552. The Morgan fingerprint density at radius 3 is 3.05 bits per heavy atom. The minimum atomic E-state index is -0.361. The van der Waals surface area contributed by atoms with Crippen LogP contribution in [0.5, 0.6) is 0 Å². The van der Waals surface area contributed by atoms with Crippen LogP contribution in [0, 0.1) is 11.3 Å². The van der Waals surface area contributed by atoms with Crippen LogP contribution in [0.1, 0.15) is 5.56 Å². The number of rotatable bonds is 4. The monoisotopic (exact) mass is 273 g/mol. The van der Waals surface area contributed by atoms with E-state index in [0.29, 0.717) is 37.4 Å². The fourth-order valence-corrected chi connectivity index (χ4v) is 1.87. The zero-order valence-electron chi connectivity index (χ0n) is 10.8. The van der Waals surface area contributed by atoms with Crippen molar-refractivity contribution < 1.29 is 9.59 Å². The number of nitrogens with one attached hydrogen (secondary N) is 3. The molecule has 104 valence electrons. The summed E-state index contributed by atoms with van der Waals surface area (Å²) in [5.74, 6) is 0. The summed E-state index contributed by atoms with van der Waals surface area (Å²) >= 11 is 0. The molecule has 1 saturated heterocycles. The van der Waals surface area contributed by atoms with Gasteiger partial charge in [-0.3, -0.25) is 0 Å². The van der Waals surface area contributed by atoms with Crippen molar-refractivity contribution in [3.63, 3.8) is 0 Å². The lowest BCUT2D eigenvalue weighted by molar-refractivity contribution is 0.216. The van der Waals surface area contributed by atoms with Gasteiger partial charge in [-0.15, -0.1) is 0 Å². The SMILES string of the molecule is N#Cc1cccc(NC(=O)NCCN2CCNC2=O)c1. The Morgan fingerprint density at radius 2 is 2.35 bits per heavy atom. The van der Waals surface area contributed by atoms with Gasteiger partial charge in [0.15, 0.2) is 0 Å². The standard InChI is InChI=1S/C13H15N5O2/c14-9-10-2-1-3-11(8-10)17-12(19)15-4-6-18-7-5-16-13(18)20/h1-3,8H,4-7H2,(H,16,20)(H2,15,17,19). The highest BCUT2D eigenvalue weighted by atomic mass is 16.2. The summed E-state index contributed by atoms with van der Waals surface area (Å²) in [5.41, 5.74) is 1.04. The molecule has 7 nitrogen and oxygen atoms in total. The third kappa shape index (κ3) is 3.62. The molecular weight excluding hydrogens is 258 g/mol. The molecule has 0 aliphatic carbocycles. The first-order valence-corrected chi connectivity index (χ1v) is 6.27. The molecule has 7 heteroatoms. The van der Waals surface area contributed by atoms with Crippen LogP contribution in [0.15, 0.2) is 24.3 Å². The van der Waals surface area contributed by atoms with E-state index in [1.807, 2.05) is 6.07 Å². The Kier molecular flexibility index (Phi) is 4.39. The molecular formula is C13H15N5O2. The van der Waals surface area contributed by atoms with Crippen molar-refractivity contribution in [2.24, 2.45) is 0 Å². The van der Waals surface area contributed by atoms with E-state index in [9.17, 15) is 9.59 Å². The number of benzene rings is 1. The maximum Gasteiger partial charge on any atom is 0.319 e. The third-order valence-corrected chi connectivity index (χ3v) is 2.86.